The zero-order valence-electron chi connectivity index (χ0n) is 19.8. The highest BCUT2D eigenvalue weighted by molar-refractivity contribution is 5.93. The fraction of sp³-hybridized carbons (Fsp3) is 0.185. The van der Waals surface area contributed by atoms with E-state index in [1.165, 1.54) is 27.4 Å². The van der Waals surface area contributed by atoms with E-state index in [1.54, 1.807) is 48.5 Å². The van der Waals surface area contributed by atoms with Crippen LogP contribution >= 0.6 is 0 Å². The molecule has 1 atom stereocenters. The summed E-state index contributed by atoms with van der Waals surface area (Å²) >= 11 is 0. The maximum atomic E-state index is 13.1. The molecule has 0 spiro atoms. The van der Waals surface area contributed by atoms with Gasteiger partial charge in [-0.05, 0) is 17.7 Å². The summed E-state index contributed by atoms with van der Waals surface area (Å²) < 4.78 is 21.6. The zero-order valence-corrected chi connectivity index (χ0v) is 19.8. The third-order valence-electron chi connectivity index (χ3n) is 5.95. The van der Waals surface area contributed by atoms with Crippen molar-refractivity contribution in [3.8, 4) is 40.1 Å². The summed E-state index contributed by atoms with van der Waals surface area (Å²) in [4.78, 5) is 25.5. The lowest BCUT2D eigenvalue weighted by atomic mass is 9.86. The third-order valence-corrected chi connectivity index (χ3v) is 5.95. The lowest BCUT2D eigenvalue weighted by Gasteiger charge is -2.22. The van der Waals surface area contributed by atoms with Gasteiger partial charge < -0.3 is 33.9 Å². The first kappa shape index (κ1) is 24.5. The normalized spacial score (nSPS) is 11.8. The number of rotatable bonds is 7. The van der Waals surface area contributed by atoms with E-state index in [-0.39, 0.29) is 28.7 Å². The fourth-order valence-corrected chi connectivity index (χ4v) is 4.15. The molecule has 0 fully saturated rings. The number of ether oxygens (including phenoxy) is 3. The molecule has 4 aromatic rings. The molecule has 0 amide bonds. The van der Waals surface area contributed by atoms with E-state index < -0.39 is 34.6 Å². The van der Waals surface area contributed by atoms with E-state index in [9.17, 15) is 24.9 Å². The predicted molar refractivity (Wildman–Crippen MR) is 131 cm³/mol. The molecule has 4 rings (SSSR count). The van der Waals surface area contributed by atoms with Gasteiger partial charge in [-0.1, -0.05) is 36.4 Å². The molecule has 0 saturated carbocycles. The first-order valence-corrected chi connectivity index (χ1v) is 10.9. The molecule has 0 aliphatic rings. The number of esters is 1. The minimum Gasteiger partial charge on any atom is -0.504 e. The highest BCUT2D eigenvalue weighted by atomic mass is 16.5. The van der Waals surface area contributed by atoms with Gasteiger partial charge in [-0.25, -0.2) is 0 Å². The summed E-state index contributed by atoms with van der Waals surface area (Å²) in [6.07, 6.45) is -0.294. The zero-order chi connectivity index (χ0) is 26.0. The maximum absolute atomic E-state index is 13.1. The Bertz CT molecular complexity index is 1490. The van der Waals surface area contributed by atoms with Crippen molar-refractivity contribution in [2.75, 3.05) is 21.3 Å². The number of phenols is 3. The number of methoxy groups -OCH3 is 3. The summed E-state index contributed by atoms with van der Waals surface area (Å²) in [5.74, 6) is -3.13. The van der Waals surface area contributed by atoms with E-state index in [1.807, 2.05) is 0 Å². The van der Waals surface area contributed by atoms with Crippen LogP contribution < -0.4 is 14.9 Å². The van der Waals surface area contributed by atoms with Gasteiger partial charge in [-0.15, -0.1) is 0 Å². The quantitative estimate of drug-likeness (QED) is 0.255. The van der Waals surface area contributed by atoms with Gasteiger partial charge in [0.1, 0.15) is 16.7 Å². The van der Waals surface area contributed by atoms with Gasteiger partial charge in [0.25, 0.3) is 0 Å². The minimum atomic E-state index is -0.972. The summed E-state index contributed by atoms with van der Waals surface area (Å²) in [6.45, 7) is 0. The molecule has 0 radical (unpaired) electrons. The van der Waals surface area contributed by atoms with Gasteiger partial charge >= 0.3 is 5.97 Å². The van der Waals surface area contributed by atoms with Crippen LogP contribution in [-0.4, -0.2) is 42.6 Å². The number of carbonyl (C=O) groups is 1. The first-order chi connectivity index (χ1) is 17.3. The third kappa shape index (κ3) is 4.26. The lowest BCUT2D eigenvalue weighted by Crippen LogP contribution is -2.13. The van der Waals surface area contributed by atoms with Gasteiger partial charge in [0.2, 0.25) is 5.75 Å². The predicted octanol–water partition coefficient (Wildman–Crippen LogP) is 4.29. The first-order valence-electron chi connectivity index (χ1n) is 10.9. The van der Waals surface area contributed by atoms with Crippen molar-refractivity contribution in [3.63, 3.8) is 0 Å². The van der Waals surface area contributed by atoms with Crippen LogP contribution in [0.4, 0.5) is 0 Å². The lowest BCUT2D eigenvalue weighted by molar-refractivity contribution is -0.140. The number of fused-ring (bicyclic) bond motifs is 1. The molecule has 1 aromatic heterocycles. The Morgan fingerprint density at radius 1 is 0.889 bits per heavy atom. The Hall–Kier alpha value is -4.66. The van der Waals surface area contributed by atoms with Gasteiger partial charge in [-0.2, -0.15) is 0 Å². The Labute approximate surface area is 205 Å². The number of aromatic hydroxyl groups is 3. The van der Waals surface area contributed by atoms with Crippen LogP contribution in [-0.2, 0) is 9.53 Å². The Kier molecular flexibility index (Phi) is 6.73. The van der Waals surface area contributed by atoms with E-state index in [0.29, 0.717) is 22.6 Å². The molecule has 186 valence electrons. The average molecular weight is 492 g/mol. The van der Waals surface area contributed by atoms with Crippen molar-refractivity contribution in [1.82, 2.24) is 0 Å². The molecule has 36 heavy (non-hydrogen) atoms. The summed E-state index contributed by atoms with van der Waals surface area (Å²) in [7, 11) is 4.13. The van der Waals surface area contributed by atoms with Gasteiger partial charge in [0.15, 0.2) is 28.4 Å². The summed E-state index contributed by atoms with van der Waals surface area (Å²) in [6, 6.07) is 14.8. The number of benzene rings is 3. The van der Waals surface area contributed by atoms with Crippen LogP contribution in [0.1, 0.15) is 23.5 Å². The largest absolute Gasteiger partial charge is 0.504 e. The monoisotopic (exact) mass is 492 g/mol. The molecule has 0 saturated heterocycles. The molecule has 0 aliphatic heterocycles. The molecule has 1 heterocycles. The molecule has 9 heteroatoms. The fourth-order valence-electron chi connectivity index (χ4n) is 4.15. The molecule has 3 aromatic carbocycles. The van der Waals surface area contributed by atoms with Crippen LogP contribution in [0.5, 0.6) is 28.7 Å². The van der Waals surface area contributed by atoms with Crippen molar-refractivity contribution in [1.29, 1.82) is 0 Å². The number of phenolic OH excluding ortho intramolecular Hbond substituents is 3. The number of hydrogen-bond acceptors (Lipinski definition) is 9. The summed E-state index contributed by atoms with van der Waals surface area (Å²) in [5, 5.41) is 31.7. The highest BCUT2D eigenvalue weighted by Gasteiger charge is 2.31. The molecule has 9 nitrogen and oxygen atoms in total. The van der Waals surface area contributed by atoms with Crippen molar-refractivity contribution in [3.05, 3.63) is 75.9 Å². The summed E-state index contributed by atoms with van der Waals surface area (Å²) in [5.41, 5.74) is 0.136. The second-order valence-corrected chi connectivity index (χ2v) is 7.95. The van der Waals surface area contributed by atoms with Crippen molar-refractivity contribution in [2.24, 2.45) is 0 Å². The van der Waals surface area contributed by atoms with Crippen molar-refractivity contribution in [2.45, 2.75) is 12.3 Å². The Balaban J connectivity index is 2.08. The topological polar surface area (TPSA) is 136 Å². The van der Waals surface area contributed by atoms with E-state index in [4.69, 9.17) is 18.6 Å². The molecular weight excluding hydrogens is 468 g/mol. The number of hydrogen-bond donors (Lipinski definition) is 3. The SMILES string of the molecule is COC(=O)C[C@@H](c1ccc(OC)c(OC)c1)c1c(O)c(O)c(O)c2c(=O)cc(-c3ccccc3)oc12. The molecule has 0 aliphatic carbocycles. The van der Waals surface area contributed by atoms with Gasteiger partial charge in [0.05, 0.1) is 27.8 Å². The van der Waals surface area contributed by atoms with Crippen molar-refractivity contribution < 1.29 is 38.7 Å². The van der Waals surface area contributed by atoms with Gasteiger partial charge in [-0.3, -0.25) is 9.59 Å². The molecular formula is C27H24O9. The smallest absolute Gasteiger partial charge is 0.306 e. The van der Waals surface area contributed by atoms with Crippen LogP contribution in [0, 0.1) is 0 Å². The second-order valence-electron chi connectivity index (χ2n) is 7.95. The minimum absolute atomic E-state index is 0.0761. The van der Waals surface area contributed by atoms with Crippen LogP contribution in [0.3, 0.4) is 0 Å². The van der Waals surface area contributed by atoms with E-state index in [2.05, 4.69) is 0 Å². The molecule has 3 N–H and O–H groups in total. The average Bonchev–Trinajstić information content (AvgIpc) is 2.90. The molecule has 0 bridgehead atoms. The van der Waals surface area contributed by atoms with Crippen LogP contribution in [0.25, 0.3) is 22.3 Å². The van der Waals surface area contributed by atoms with E-state index in [0.717, 1.165) is 0 Å². The number of carbonyl (C=O) groups excluding carboxylic acids is 1. The van der Waals surface area contributed by atoms with Crippen LogP contribution in [0.15, 0.2) is 63.8 Å². The standard InChI is InChI=1S/C27H24O9/c1-33-18-10-9-15(11-20(18)34-2)16(12-21(29)35-3)22-24(30)26(32)25(31)23-17(28)13-19(36-27(22)23)14-7-5-4-6-8-14/h4-11,13,16,30-32H,12H2,1-3H3/t16-/m0/s1. The Morgan fingerprint density at radius 3 is 2.22 bits per heavy atom. The Morgan fingerprint density at radius 2 is 1.58 bits per heavy atom. The van der Waals surface area contributed by atoms with Crippen molar-refractivity contribution >= 4 is 16.9 Å². The second kappa shape index (κ2) is 9.91. The maximum Gasteiger partial charge on any atom is 0.306 e. The van der Waals surface area contributed by atoms with E-state index >= 15 is 0 Å². The molecule has 0 unspecified atom stereocenters. The van der Waals surface area contributed by atoms with Crippen LogP contribution in [0.2, 0.25) is 0 Å². The highest BCUT2D eigenvalue weighted by Crippen LogP contribution is 2.50. The van der Waals surface area contributed by atoms with Gasteiger partial charge in [0, 0.05) is 23.1 Å².